The Kier molecular flexibility index (Phi) is 0.983. The molecular weight excluding hydrogens is 188 g/mol. The molecule has 0 spiro atoms. The monoisotopic (exact) mass is 198 g/mol. The van der Waals surface area contributed by atoms with E-state index in [4.69, 9.17) is 0 Å². The minimum Gasteiger partial charge on any atom is -0.0815 e. The molecule has 4 fully saturated rings. The van der Waals surface area contributed by atoms with E-state index < -0.39 is 0 Å². The van der Waals surface area contributed by atoms with Gasteiger partial charge in [-0.2, -0.15) is 0 Å². The summed E-state index contributed by atoms with van der Waals surface area (Å²) in [6.07, 6.45) is 5.91. The first-order chi connectivity index (χ1) is 4.88. The van der Waals surface area contributed by atoms with Crippen LogP contribution in [0, 0.1) is 28.5 Å². The Balaban J connectivity index is 1.90. The fourth-order valence-electron chi connectivity index (χ4n) is 3.54. The summed E-state index contributed by atoms with van der Waals surface area (Å²) >= 11 is 3.43. The topological polar surface area (TPSA) is 0 Å². The maximum Gasteiger partial charge on any atom is 0.0664 e. The molecule has 4 rings (SSSR count). The van der Waals surface area contributed by atoms with Gasteiger partial charge in [0.1, 0.15) is 0 Å². The molecule has 10 heavy (non-hydrogen) atoms. The quantitative estimate of drug-likeness (QED) is 0.609. The summed E-state index contributed by atoms with van der Waals surface area (Å²) in [5, 5.41) is 3.36. The van der Waals surface area contributed by atoms with Gasteiger partial charge in [0.25, 0.3) is 0 Å². The molecule has 2 unspecified atom stereocenters. The smallest absolute Gasteiger partial charge is 0.0664 e. The molecule has 0 amide bonds. The van der Waals surface area contributed by atoms with Crippen LogP contribution in [0.1, 0.15) is 25.7 Å². The summed E-state index contributed by atoms with van der Waals surface area (Å²) in [5.74, 6) is 3.22. The van der Waals surface area contributed by atoms with Crippen LogP contribution in [0.25, 0.3) is 0 Å². The summed E-state index contributed by atoms with van der Waals surface area (Å²) in [7, 11) is 0. The van der Waals surface area contributed by atoms with Crippen molar-refractivity contribution in [1.29, 1.82) is 0 Å². The molecule has 0 nitrogen and oxygen atoms in total. The van der Waals surface area contributed by atoms with E-state index in [2.05, 4.69) is 21.3 Å². The number of rotatable bonds is 1. The van der Waals surface area contributed by atoms with Gasteiger partial charge in [-0.1, -0.05) is 22.4 Å². The summed E-state index contributed by atoms with van der Waals surface area (Å²) in [5.41, 5.74) is 0.586. The minimum absolute atomic E-state index is 0.586. The summed E-state index contributed by atoms with van der Waals surface area (Å²) in [4.78, 5) is 0. The van der Waals surface area contributed by atoms with Crippen molar-refractivity contribution in [2.45, 2.75) is 25.7 Å². The van der Waals surface area contributed by atoms with E-state index in [-0.39, 0.29) is 0 Å². The third-order valence-corrected chi connectivity index (χ3v) is 4.87. The van der Waals surface area contributed by atoms with Gasteiger partial charge in [-0.05, 0) is 42.4 Å². The Hall–Kier alpha value is 0.480. The lowest BCUT2D eigenvalue weighted by Crippen LogP contribution is -2.70. The Labute approximate surface area is 70.5 Å². The lowest BCUT2D eigenvalue weighted by Gasteiger charge is -2.76. The highest BCUT2D eigenvalue weighted by Gasteiger charge is 2.72. The van der Waals surface area contributed by atoms with E-state index in [0.29, 0.717) is 5.41 Å². The number of halogens is 1. The third kappa shape index (κ3) is 0.399. The standard InChI is InChI=1S/C9H11Br/c10-5-9-4-6-7(9)2-1-3-8(6)9/h6-8H,1-4H2. The zero-order valence-corrected chi connectivity index (χ0v) is 7.52. The molecule has 2 atom stereocenters. The second-order valence-electron chi connectivity index (χ2n) is 4.15. The second kappa shape index (κ2) is 1.63. The highest BCUT2D eigenvalue weighted by molar-refractivity contribution is 9.10. The average Bonchev–Trinajstić information content (AvgIpc) is 1.87. The van der Waals surface area contributed by atoms with Crippen molar-refractivity contribution in [2.24, 2.45) is 23.2 Å². The van der Waals surface area contributed by atoms with E-state index in [1.807, 2.05) is 0 Å². The van der Waals surface area contributed by atoms with Gasteiger partial charge in [0.15, 0.2) is 0 Å². The zero-order valence-electron chi connectivity index (χ0n) is 5.94. The SMILES string of the molecule is Br[C]C12CC3C1CCCC32. The van der Waals surface area contributed by atoms with Gasteiger partial charge in [-0.25, -0.2) is 0 Å². The molecular formula is C9H11Br. The van der Waals surface area contributed by atoms with Gasteiger partial charge in [0, 0.05) is 0 Å². The fraction of sp³-hybridized carbons (Fsp3) is 0.889. The summed E-state index contributed by atoms with van der Waals surface area (Å²) < 4.78 is 0. The molecule has 0 aromatic heterocycles. The van der Waals surface area contributed by atoms with Crippen LogP contribution in [-0.4, -0.2) is 0 Å². The van der Waals surface area contributed by atoms with Gasteiger partial charge in [0.05, 0.1) is 5.33 Å². The van der Waals surface area contributed by atoms with Crippen molar-refractivity contribution in [3.05, 3.63) is 5.33 Å². The predicted octanol–water partition coefficient (Wildman–Crippen LogP) is 2.86. The van der Waals surface area contributed by atoms with Crippen molar-refractivity contribution in [1.82, 2.24) is 0 Å². The molecule has 4 aliphatic rings. The third-order valence-electron chi connectivity index (χ3n) is 4.14. The van der Waals surface area contributed by atoms with Gasteiger partial charge in [-0.3, -0.25) is 0 Å². The van der Waals surface area contributed by atoms with Gasteiger partial charge < -0.3 is 0 Å². The molecule has 0 aromatic carbocycles. The summed E-state index contributed by atoms with van der Waals surface area (Å²) in [6, 6.07) is 0. The largest absolute Gasteiger partial charge is 0.0815 e. The van der Waals surface area contributed by atoms with E-state index >= 15 is 0 Å². The normalized spacial score (nSPS) is 62.7. The van der Waals surface area contributed by atoms with Gasteiger partial charge in [-0.15, -0.1) is 0 Å². The van der Waals surface area contributed by atoms with Crippen LogP contribution < -0.4 is 0 Å². The van der Waals surface area contributed by atoms with Crippen LogP contribution in [0.3, 0.4) is 0 Å². The Morgan fingerprint density at radius 1 is 1.30 bits per heavy atom. The molecule has 4 bridgehead atoms. The van der Waals surface area contributed by atoms with E-state index in [1.165, 1.54) is 25.7 Å². The molecule has 1 heteroatoms. The highest BCUT2D eigenvalue weighted by atomic mass is 79.9. The molecule has 54 valence electrons. The van der Waals surface area contributed by atoms with Crippen molar-refractivity contribution in [3.8, 4) is 0 Å². The number of hydrogen-bond acceptors (Lipinski definition) is 0. The average molecular weight is 199 g/mol. The first-order valence-electron chi connectivity index (χ1n) is 4.26. The van der Waals surface area contributed by atoms with Crippen LogP contribution in [0.15, 0.2) is 0 Å². The van der Waals surface area contributed by atoms with Crippen LogP contribution in [0.2, 0.25) is 0 Å². The molecule has 0 aliphatic heterocycles. The van der Waals surface area contributed by atoms with Crippen LogP contribution >= 0.6 is 15.9 Å². The lowest BCUT2D eigenvalue weighted by molar-refractivity contribution is -0.259. The lowest BCUT2D eigenvalue weighted by atomic mass is 9.29. The van der Waals surface area contributed by atoms with Crippen molar-refractivity contribution >= 4 is 15.9 Å². The zero-order chi connectivity index (χ0) is 6.77. The summed E-state index contributed by atoms with van der Waals surface area (Å²) in [6.45, 7) is 0. The fourth-order valence-corrected chi connectivity index (χ4v) is 4.29. The Morgan fingerprint density at radius 3 is 2.30 bits per heavy atom. The van der Waals surface area contributed by atoms with Crippen molar-refractivity contribution in [3.63, 3.8) is 0 Å². The molecule has 4 aliphatic carbocycles. The molecule has 4 saturated carbocycles. The van der Waals surface area contributed by atoms with Crippen LogP contribution in [0.5, 0.6) is 0 Å². The first kappa shape index (κ1) is 6.05. The van der Waals surface area contributed by atoms with Gasteiger partial charge in [0.2, 0.25) is 0 Å². The van der Waals surface area contributed by atoms with E-state index in [9.17, 15) is 0 Å². The molecule has 2 radical (unpaired) electrons. The second-order valence-corrected chi connectivity index (χ2v) is 4.54. The molecule has 0 saturated heterocycles. The van der Waals surface area contributed by atoms with Crippen LogP contribution in [-0.2, 0) is 0 Å². The predicted molar refractivity (Wildman–Crippen MR) is 43.5 cm³/mol. The first-order valence-corrected chi connectivity index (χ1v) is 5.05. The highest BCUT2D eigenvalue weighted by Crippen LogP contribution is 2.79. The Bertz CT molecular complexity index is 160. The maximum absolute atomic E-state index is 3.43. The van der Waals surface area contributed by atoms with E-state index in [0.717, 1.165) is 17.8 Å². The maximum atomic E-state index is 3.43. The Morgan fingerprint density at radius 2 is 2.00 bits per heavy atom. The van der Waals surface area contributed by atoms with Gasteiger partial charge >= 0.3 is 0 Å². The molecule has 0 aromatic rings. The van der Waals surface area contributed by atoms with E-state index in [1.54, 1.807) is 0 Å². The van der Waals surface area contributed by atoms with Crippen LogP contribution in [0.4, 0.5) is 0 Å². The minimum atomic E-state index is 0.586. The number of hydrogen-bond donors (Lipinski definition) is 0. The van der Waals surface area contributed by atoms with Crippen molar-refractivity contribution < 1.29 is 0 Å². The molecule has 0 N–H and O–H groups in total. The molecule has 0 heterocycles. The van der Waals surface area contributed by atoms with Crippen molar-refractivity contribution in [2.75, 3.05) is 0 Å².